The van der Waals surface area contributed by atoms with Crippen LogP contribution in [0.2, 0.25) is 0 Å². The number of hydrogen-bond acceptors (Lipinski definition) is 7. The summed E-state index contributed by atoms with van der Waals surface area (Å²) in [4.78, 5) is 27.8. The van der Waals surface area contributed by atoms with Gasteiger partial charge in [-0.1, -0.05) is 0 Å². The van der Waals surface area contributed by atoms with Crippen LogP contribution < -0.4 is 4.74 Å². The molecule has 0 fully saturated rings. The molecule has 0 aliphatic heterocycles. The zero-order chi connectivity index (χ0) is 11.4. The molecule has 8 nitrogen and oxygen atoms in total. The SMILES string of the molecule is COC(=O)c1nc([N+](=O)[O-])cnc1OC. The Morgan fingerprint density at radius 1 is 1.53 bits per heavy atom. The van der Waals surface area contributed by atoms with E-state index < -0.39 is 16.7 Å². The van der Waals surface area contributed by atoms with Crippen molar-refractivity contribution in [2.75, 3.05) is 14.2 Å². The van der Waals surface area contributed by atoms with Gasteiger partial charge in [0.05, 0.1) is 14.2 Å². The van der Waals surface area contributed by atoms with Gasteiger partial charge in [-0.05, 0) is 9.91 Å². The molecule has 0 aromatic carbocycles. The third-order valence-electron chi connectivity index (χ3n) is 1.49. The number of aromatic nitrogens is 2. The van der Waals surface area contributed by atoms with Crippen LogP contribution in [-0.2, 0) is 4.74 Å². The third kappa shape index (κ3) is 2.16. The van der Waals surface area contributed by atoms with Crippen LogP contribution in [0.15, 0.2) is 6.20 Å². The van der Waals surface area contributed by atoms with Gasteiger partial charge in [0.15, 0.2) is 0 Å². The Kier molecular flexibility index (Phi) is 3.11. The lowest BCUT2D eigenvalue weighted by atomic mass is 10.4. The first kappa shape index (κ1) is 10.8. The molecule has 0 amide bonds. The highest BCUT2D eigenvalue weighted by Crippen LogP contribution is 2.16. The average Bonchev–Trinajstić information content (AvgIpc) is 2.27. The van der Waals surface area contributed by atoms with Crippen molar-refractivity contribution in [2.24, 2.45) is 0 Å². The average molecular weight is 213 g/mol. The monoisotopic (exact) mass is 213 g/mol. The van der Waals surface area contributed by atoms with E-state index >= 15 is 0 Å². The second-order valence-electron chi connectivity index (χ2n) is 2.33. The summed E-state index contributed by atoms with van der Waals surface area (Å²) in [6.07, 6.45) is 0.894. The van der Waals surface area contributed by atoms with Crippen molar-refractivity contribution in [1.29, 1.82) is 0 Å². The molecular formula is C7H7N3O5. The van der Waals surface area contributed by atoms with E-state index in [0.717, 1.165) is 13.3 Å². The molecule has 8 heteroatoms. The Morgan fingerprint density at radius 2 is 2.20 bits per heavy atom. The van der Waals surface area contributed by atoms with Crippen LogP contribution in [0.25, 0.3) is 0 Å². The summed E-state index contributed by atoms with van der Waals surface area (Å²) in [5, 5.41) is 10.4. The highest BCUT2D eigenvalue weighted by molar-refractivity contribution is 5.89. The Hall–Kier alpha value is -2.25. The van der Waals surface area contributed by atoms with E-state index in [1.54, 1.807) is 0 Å². The van der Waals surface area contributed by atoms with Gasteiger partial charge in [0.1, 0.15) is 6.20 Å². The van der Waals surface area contributed by atoms with Gasteiger partial charge in [0.2, 0.25) is 0 Å². The third-order valence-corrected chi connectivity index (χ3v) is 1.49. The van der Waals surface area contributed by atoms with Crippen LogP contribution in [0.5, 0.6) is 5.88 Å². The normalized spacial score (nSPS) is 9.47. The Balaban J connectivity index is 3.25. The quantitative estimate of drug-likeness (QED) is 0.400. The van der Waals surface area contributed by atoms with Gasteiger partial charge < -0.3 is 19.6 Å². The van der Waals surface area contributed by atoms with E-state index in [1.807, 2.05) is 0 Å². The fourth-order valence-electron chi connectivity index (χ4n) is 0.836. The molecule has 0 saturated heterocycles. The summed E-state index contributed by atoms with van der Waals surface area (Å²) in [6, 6.07) is 0. The Morgan fingerprint density at radius 3 is 2.67 bits per heavy atom. The van der Waals surface area contributed by atoms with Crippen LogP contribution >= 0.6 is 0 Å². The molecule has 0 aliphatic rings. The van der Waals surface area contributed by atoms with Crippen molar-refractivity contribution in [1.82, 2.24) is 9.97 Å². The maximum Gasteiger partial charge on any atom is 0.388 e. The van der Waals surface area contributed by atoms with Crippen molar-refractivity contribution in [2.45, 2.75) is 0 Å². The van der Waals surface area contributed by atoms with E-state index in [1.165, 1.54) is 7.11 Å². The fraction of sp³-hybridized carbons (Fsp3) is 0.286. The number of carbonyl (C=O) groups excluding carboxylic acids is 1. The molecule has 80 valence electrons. The maximum absolute atomic E-state index is 11.1. The number of nitrogens with zero attached hydrogens (tertiary/aromatic N) is 3. The maximum atomic E-state index is 11.1. The van der Waals surface area contributed by atoms with E-state index in [4.69, 9.17) is 4.74 Å². The number of rotatable bonds is 3. The van der Waals surface area contributed by atoms with Crippen LogP contribution in [0.4, 0.5) is 5.82 Å². The molecule has 1 rings (SSSR count). The molecule has 1 aromatic heterocycles. The Labute approximate surface area is 84.0 Å². The zero-order valence-electron chi connectivity index (χ0n) is 7.96. The van der Waals surface area contributed by atoms with Gasteiger partial charge in [0.25, 0.3) is 5.88 Å². The van der Waals surface area contributed by atoms with Gasteiger partial charge in [-0.15, -0.1) is 0 Å². The molecular weight excluding hydrogens is 206 g/mol. The largest absolute Gasteiger partial charge is 0.478 e. The van der Waals surface area contributed by atoms with Gasteiger partial charge in [0, 0.05) is 0 Å². The molecule has 1 aromatic rings. The predicted octanol–water partition coefficient (Wildman–Crippen LogP) is 0.180. The van der Waals surface area contributed by atoms with Gasteiger partial charge in [-0.2, -0.15) is 0 Å². The molecule has 0 bridgehead atoms. The van der Waals surface area contributed by atoms with Crippen molar-refractivity contribution >= 4 is 11.8 Å². The minimum Gasteiger partial charge on any atom is -0.478 e. The molecule has 1 heterocycles. The number of esters is 1. The minimum atomic E-state index is -0.844. The minimum absolute atomic E-state index is 0.118. The smallest absolute Gasteiger partial charge is 0.388 e. The van der Waals surface area contributed by atoms with E-state index in [9.17, 15) is 14.9 Å². The molecule has 0 saturated carbocycles. The van der Waals surface area contributed by atoms with E-state index in [2.05, 4.69) is 14.7 Å². The summed E-state index contributed by atoms with van der Waals surface area (Å²) < 4.78 is 9.08. The van der Waals surface area contributed by atoms with Gasteiger partial charge >= 0.3 is 17.5 Å². The fourth-order valence-corrected chi connectivity index (χ4v) is 0.836. The van der Waals surface area contributed by atoms with Gasteiger partial charge in [-0.3, -0.25) is 0 Å². The molecule has 0 spiro atoms. The molecule has 15 heavy (non-hydrogen) atoms. The van der Waals surface area contributed by atoms with Crippen LogP contribution in [-0.4, -0.2) is 35.1 Å². The first-order valence-corrected chi connectivity index (χ1v) is 3.74. The first-order chi connectivity index (χ1) is 7.10. The van der Waals surface area contributed by atoms with Gasteiger partial charge in [-0.25, -0.2) is 9.78 Å². The van der Waals surface area contributed by atoms with Crippen molar-refractivity contribution in [3.8, 4) is 5.88 Å². The standard InChI is InChI=1S/C7H7N3O5/c1-14-6-5(7(11)15-2)9-4(3-8-6)10(12)13/h3H,1-2H3. The summed E-state index contributed by atoms with van der Waals surface area (Å²) in [6.45, 7) is 0. The zero-order valence-corrected chi connectivity index (χ0v) is 7.96. The highest BCUT2D eigenvalue weighted by atomic mass is 16.6. The predicted molar refractivity (Wildman–Crippen MR) is 46.6 cm³/mol. The highest BCUT2D eigenvalue weighted by Gasteiger charge is 2.25. The number of nitro groups is 1. The van der Waals surface area contributed by atoms with E-state index in [-0.39, 0.29) is 11.6 Å². The number of carbonyl (C=O) groups is 1. The molecule has 0 unspecified atom stereocenters. The lowest BCUT2D eigenvalue weighted by Crippen LogP contribution is -2.09. The van der Waals surface area contributed by atoms with Crippen molar-refractivity contribution in [3.05, 3.63) is 22.0 Å². The Bertz CT molecular complexity index is 406. The number of hydrogen-bond donors (Lipinski definition) is 0. The summed E-state index contributed by atoms with van der Waals surface area (Å²) >= 11 is 0. The van der Waals surface area contributed by atoms with Crippen molar-refractivity contribution in [3.63, 3.8) is 0 Å². The topological polar surface area (TPSA) is 104 Å². The van der Waals surface area contributed by atoms with Crippen LogP contribution in [0, 0.1) is 10.1 Å². The number of ether oxygens (including phenoxy) is 2. The summed E-state index contributed by atoms with van der Waals surface area (Å²) in [5.74, 6) is -1.51. The second kappa shape index (κ2) is 4.31. The lowest BCUT2D eigenvalue weighted by Gasteiger charge is -2.00. The lowest BCUT2D eigenvalue weighted by molar-refractivity contribution is -0.390. The molecule has 0 N–H and O–H groups in total. The molecule has 0 radical (unpaired) electrons. The molecule has 0 atom stereocenters. The van der Waals surface area contributed by atoms with E-state index in [0.29, 0.717) is 0 Å². The molecule has 0 aliphatic carbocycles. The van der Waals surface area contributed by atoms with Crippen molar-refractivity contribution < 1.29 is 19.2 Å². The van der Waals surface area contributed by atoms with Crippen LogP contribution in [0.3, 0.4) is 0 Å². The number of methoxy groups -OCH3 is 2. The van der Waals surface area contributed by atoms with Crippen LogP contribution in [0.1, 0.15) is 10.5 Å². The summed E-state index contributed by atoms with van der Waals surface area (Å²) in [5.41, 5.74) is -0.325. The first-order valence-electron chi connectivity index (χ1n) is 3.74. The second-order valence-corrected chi connectivity index (χ2v) is 2.33. The summed E-state index contributed by atoms with van der Waals surface area (Å²) in [7, 11) is 2.39.